The van der Waals surface area contributed by atoms with E-state index in [1.807, 2.05) is 5.32 Å². The lowest BCUT2D eigenvalue weighted by Gasteiger charge is -2.25. The van der Waals surface area contributed by atoms with Gasteiger partial charge in [-0.05, 0) is 37.3 Å². The zero-order chi connectivity index (χ0) is 20.9. The van der Waals surface area contributed by atoms with Crippen molar-refractivity contribution in [2.45, 2.75) is 29.3 Å². The normalized spacial score (nSPS) is 17.7. The zero-order valence-corrected chi connectivity index (χ0v) is 15.1. The Hall–Kier alpha value is -2.79. The third-order valence-corrected chi connectivity index (χ3v) is 5.95. The predicted molar refractivity (Wildman–Crippen MR) is 90.3 cm³/mol. The van der Waals surface area contributed by atoms with Crippen molar-refractivity contribution < 1.29 is 36.3 Å². The van der Waals surface area contributed by atoms with Crippen molar-refractivity contribution in [1.82, 2.24) is 4.98 Å². The summed E-state index contributed by atoms with van der Waals surface area (Å²) in [7, 11) is -3.95. The van der Waals surface area contributed by atoms with E-state index in [1.54, 1.807) is 0 Å². The number of rotatable bonds is 2. The number of carbonyl (C=O) groups excluding carboxylic acids is 2. The number of ketones is 1. The van der Waals surface area contributed by atoms with Crippen LogP contribution in [0.25, 0.3) is 0 Å². The van der Waals surface area contributed by atoms with Crippen molar-refractivity contribution in [2.75, 3.05) is 5.32 Å². The molecule has 1 unspecified atom stereocenters. The molecule has 1 aromatic heterocycles. The Balaban J connectivity index is 2.06. The maximum atomic E-state index is 12.8. The first-order valence-electron chi connectivity index (χ1n) is 7.80. The van der Waals surface area contributed by atoms with E-state index in [0.717, 1.165) is 18.2 Å². The van der Waals surface area contributed by atoms with Crippen molar-refractivity contribution in [2.24, 2.45) is 0 Å². The molecule has 1 amide bonds. The summed E-state index contributed by atoms with van der Waals surface area (Å²) in [6, 6.07) is 5.85. The number of alkyl halides is 3. The summed E-state index contributed by atoms with van der Waals surface area (Å²) in [6.45, 7) is 0.281. The van der Waals surface area contributed by atoms with Gasteiger partial charge in [0.1, 0.15) is 0 Å². The second-order valence-electron chi connectivity index (χ2n) is 6.32. The molecule has 0 saturated heterocycles. The molecule has 0 fully saturated rings. The SMILES string of the molecule is CC(O)(C(=O)Nc1ccc2c(c1)C(=O)c1cccnc1CS2(=O)=O)C(F)(F)F. The molecular formula is C17H13F3N2O5S. The van der Waals surface area contributed by atoms with Gasteiger partial charge in [0.15, 0.2) is 15.6 Å². The highest BCUT2D eigenvalue weighted by Crippen LogP contribution is 2.33. The van der Waals surface area contributed by atoms with Crippen LogP contribution in [0, 0.1) is 0 Å². The maximum Gasteiger partial charge on any atom is 0.426 e. The molecule has 3 rings (SSSR count). The minimum absolute atomic E-state index is 0.0376. The molecule has 7 nitrogen and oxygen atoms in total. The monoisotopic (exact) mass is 414 g/mol. The van der Waals surface area contributed by atoms with Crippen LogP contribution in [-0.4, -0.2) is 42.0 Å². The summed E-state index contributed by atoms with van der Waals surface area (Å²) in [5.41, 5.74) is -4.17. The van der Waals surface area contributed by atoms with Crippen LogP contribution in [0.5, 0.6) is 0 Å². The Morgan fingerprint density at radius 3 is 2.54 bits per heavy atom. The van der Waals surface area contributed by atoms with Crippen molar-refractivity contribution in [3.05, 3.63) is 53.3 Å². The van der Waals surface area contributed by atoms with Crippen molar-refractivity contribution in [3.8, 4) is 0 Å². The zero-order valence-electron chi connectivity index (χ0n) is 14.2. The molecule has 148 valence electrons. The first-order chi connectivity index (χ1) is 12.8. The van der Waals surface area contributed by atoms with Gasteiger partial charge < -0.3 is 10.4 Å². The third-order valence-electron chi connectivity index (χ3n) is 4.27. The third kappa shape index (κ3) is 3.27. The smallest absolute Gasteiger partial charge is 0.373 e. The van der Waals surface area contributed by atoms with Gasteiger partial charge in [0.05, 0.1) is 16.3 Å². The summed E-state index contributed by atoms with van der Waals surface area (Å²) >= 11 is 0. The highest BCUT2D eigenvalue weighted by Gasteiger charge is 2.55. The molecule has 2 aromatic rings. The fraction of sp³-hybridized carbons (Fsp3) is 0.235. The first-order valence-corrected chi connectivity index (χ1v) is 9.46. The van der Waals surface area contributed by atoms with Crippen LogP contribution < -0.4 is 5.32 Å². The molecule has 1 atom stereocenters. The Kier molecular flexibility index (Phi) is 4.55. The molecule has 0 saturated carbocycles. The Morgan fingerprint density at radius 2 is 1.89 bits per heavy atom. The number of nitrogens with one attached hydrogen (secondary N) is 1. The van der Waals surface area contributed by atoms with Crippen LogP contribution in [0.1, 0.15) is 28.5 Å². The number of aromatic nitrogens is 1. The number of pyridine rings is 1. The van der Waals surface area contributed by atoms with Gasteiger partial charge in [0.25, 0.3) is 5.91 Å². The van der Waals surface area contributed by atoms with Gasteiger partial charge in [0, 0.05) is 23.0 Å². The van der Waals surface area contributed by atoms with E-state index in [2.05, 4.69) is 4.98 Å². The lowest BCUT2D eigenvalue weighted by Crippen LogP contribution is -2.52. The van der Waals surface area contributed by atoms with Gasteiger partial charge in [-0.1, -0.05) is 0 Å². The molecule has 1 aliphatic heterocycles. The number of benzene rings is 1. The molecule has 2 N–H and O–H groups in total. The summed E-state index contributed by atoms with van der Waals surface area (Å²) < 4.78 is 63.5. The molecule has 0 spiro atoms. The van der Waals surface area contributed by atoms with Gasteiger partial charge in [-0.15, -0.1) is 0 Å². The molecule has 0 bridgehead atoms. The summed E-state index contributed by atoms with van der Waals surface area (Å²) in [5, 5.41) is 11.3. The van der Waals surface area contributed by atoms with E-state index in [0.29, 0.717) is 0 Å². The van der Waals surface area contributed by atoms with Crippen LogP contribution >= 0.6 is 0 Å². The van der Waals surface area contributed by atoms with E-state index >= 15 is 0 Å². The molecule has 11 heteroatoms. The number of sulfone groups is 1. The molecule has 2 heterocycles. The lowest BCUT2D eigenvalue weighted by molar-refractivity contribution is -0.242. The molecule has 28 heavy (non-hydrogen) atoms. The van der Waals surface area contributed by atoms with E-state index < -0.39 is 39.1 Å². The second kappa shape index (κ2) is 6.38. The van der Waals surface area contributed by atoms with E-state index in [1.165, 1.54) is 18.3 Å². The summed E-state index contributed by atoms with van der Waals surface area (Å²) in [5.74, 6) is -2.99. The molecule has 0 aliphatic carbocycles. The van der Waals surface area contributed by atoms with Crippen LogP contribution in [0.3, 0.4) is 0 Å². The maximum absolute atomic E-state index is 12.8. The Morgan fingerprint density at radius 1 is 1.21 bits per heavy atom. The fourth-order valence-electron chi connectivity index (χ4n) is 2.60. The number of hydrogen-bond acceptors (Lipinski definition) is 6. The molecule has 1 aromatic carbocycles. The lowest BCUT2D eigenvalue weighted by atomic mass is 10.0. The van der Waals surface area contributed by atoms with Crippen molar-refractivity contribution in [1.29, 1.82) is 0 Å². The van der Waals surface area contributed by atoms with Crippen LogP contribution in [0.4, 0.5) is 18.9 Å². The van der Waals surface area contributed by atoms with Gasteiger partial charge in [-0.2, -0.15) is 13.2 Å². The Bertz CT molecular complexity index is 1090. The fourth-order valence-corrected chi connectivity index (χ4v) is 4.11. The molecular weight excluding hydrogens is 401 g/mol. The predicted octanol–water partition coefficient (Wildman–Crippen LogP) is 1.85. The van der Waals surface area contributed by atoms with E-state index in [4.69, 9.17) is 0 Å². The summed E-state index contributed by atoms with van der Waals surface area (Å²) in [6.07, 6.45) is -3.89. The second-order valence-corrected chi connectivity index (χ2v) is 8.28. The highest BCUT2D eigenvalue weighted by molar-refractivity contribution is 7.90. The number of amides is 1. The number of carbonyl (C=O) groups is 2. The van der Waals surface area contributed by atoms with E-state index in [-0.39, 0.29) is 34.3 Å². The minimum atomic E-state index is -5.23. The van der Waals surface area contributed by atoms with Gasteiger partial charge in [-0.3, -0.25) is 14.6 Å². The van der Waals surface area contributed by atoms with Gasteiger partial charge >= 0.3 is 6.18 Å². The molecule has 1 aliphatic rings. The van der Waals surface area contributed by atoms with Gasteiger partial charge in [0.2, 0.25) is 5.60 Å². The van der Waals surface area contributed by atoms with Gasteiger partial charge in [-0.25, -0.2) is 8.42 Å². The van der Waals surface area contributed by atoms with Crippen LogP contribution in [0.2, 0.25) is 0 Å². The first kappa shape index (κ1) is 20.0. The number of fused-ring (bicyclic) bond motifs is 2. The quantitative estimate of drug-likeness (QED) is 0.776. The molecule has 0 radical (unpaired) electrons. The number of halogens is 3. The standard InChI is InChI=1S/C17H13F3N2O5S/c1-16(25,17(18,19)20)15(24)22-9-4-5-13-11(7-9)14(23)10-3-2-6-21-12(10)8-28(13,26)27/h2-7,25H,8H2,1H3,(H,22,24). The van der Waals surface area contributed by atoms with Crippen molar-refractivity contribution in [3.63, 3.8) is 0 Å². The van der Waals surface area contributed by atoms with Crippen molar-refractivity contribution >= 4 is 27.2 Å². The summed E-state index contributed by atoms with van der Waals surface area (Å²) in [4.78, 5) is 28.2. The average Bonchev–Trinajstić information content (AvgIpc) is 2.67. The van der Waals surface area contributed by atoms with E-state index in [9.17, 15) is 36.3 Å². The average molecular weight is 414 g/mol. The number of anilines is 1. The van der Waals surface area contributed by atoms with Crippen LogP contribution in [-0.2, 0) is 20.4 Å². The number of aliphatic hydroxyl groups is 1. The Labute approximate surface area is 157 Å². The highest BCUT2D eigenvalue weighted by atomic mass is 32.2. The van der Waals surface area contributed by atoms with Crippen LogP contribution in [0.15, 0.2) is 41.4 Å². The minimum Gasteiger partial charge on any atom is -0.373 e. The number of hydrogen-bond donors (Lipinski definition) is 2. The topological polar surface area (TPSA) is 113 Å². The number of nitrogens with zero attached hydrogens (tertiary/aromatic N) is 1. The largest absolute Gasteiger partial charge is 0.426 e.